The average Bonchev–Trinajstić information content (AvgIpc) is 2.46. The van der Waals surface area contributed by atoms with E-state index in [1.165, 1.54) is 0 Å². The SMILES string of the molecule is CCCOc1cncc(C(NN)c2ccnc(Cl)c2)c1. The van der Waals surface area contributed by atoms with Crippen molar-refractivity contribution in [2.75, 3.05) is 6.61 Å². The highest BCUT2D eigenvalue weighted by Gasteiger charge is 2.14. The average molecular weight is 293 g/mol. The van der Waals surface area contributed by atoms with Crippen molar-refractivity contribution in [3.05, 3.63) is 53.1 Å². The summed E-state index contributed by atoms with van der Waals surface area (Å²) in [6.45, 7) is 2.72. The van der Waals surface area contributed by atoms with Crippen molar-refractivity contribution in [1.29, 1.82) is 0 Å². The van der Waals surface area contributed by atoms with Gasteiger partial charge in [0.2, 0.25) is 0 Å². The summed E-state index contributed by atoms with van der Waals surface area (Å²) in [5.74, 6) is 6.38. The van der Waals surface area contributed by atoms with E-state index in [9.17, 15) is 0 Å². The van der Waals surface area contributed by atoms with Gasteiger partial charge in [-0.05, 0) is 35.7 Å². The number of nitrogens with one attached hydrogen (secondary N) is 1. The van der Waals surface area contributed by atoms with E-state index in [1.54, 1.807) is 24.7 Å². The molecule has 0 fully saturated rings. The number of pyridine rings is 2. The van der Waals surface area contributed by atoms with E-state index in [0.29, 0.717) is 11.8 Å². The second kappa shape index (κ2) is 7.19. The van der Waals surface area contributed by atoms with Crippen LogP contribution >= 0.6 is 11.6 Å². The Labute approximate surface area is 123 Å². The van der Waals surface area contributed by atoms with Gasteiger partial charge < -0.3 is 4.74 Å². The number of nitrogens with two attached hydrogens (primary N) is 1. The van der Waals surface area contributed by atoms with Crippen LogP contribution in [0, 0.1) is 0 Å². The summed E-state index contributed by atoms with van der Waals surface area (Å²) >= 11 is 5.91. The number of hydrogen-bond donors (Lipinski definition) is 2. The molecular formula is C14H17ClN4O. The maximum absolute atomic E-state index is 5.91. The predicted molar refractivity (Wildman–Crippen MR) is 78.4 cm³/mol. The number of aromatic nitrogens is 2. The lowest BCUT2D eigenvalue weighted by molar-refractivity contribution is 0.315. The quantitative estimate of drug-likeness (QED) is 0.486. The normalized spacial score (nSPS) is 12.2. The van der Waals surface area contributed by atoms with E-state index in [0.717, 1.165) is 23.3 Å². The van der Waals surface area contributed by atoms with E-state index >= 15 is 0 Å². The van der Waals surface area contributed by atoms with Gasteiger partial charge in [0.1, 0.15) is 10.9 Å². The van der Waals surface area contributed by atoms with Gasteiger partial charge in [-0.2, -0.15) is 0 Å². The molecule has 2 aromatic rings. The minimum Gasteiger partial charge on any atom is -0.492 e. The van der Waals surface area contributed by atoms with Crippen LogP contribution in [-0.4, -0.2) is 16.6 Å². The number of nitrogens with zero attached hydrogens (tertiary/aromatic N) is 2. The monoisotopic (exact) mass is 292 g/mol. The van der Waals surface area contributed by atoms with E-state index in [-0.39, 0.29) is 6.04 Å². The minimum absolute atomic E-state index is 0.215. The van der Waals surface area contributed by atoms with Crippen molar-refractivity contribution >= 4 is 11.6 Å². The van der Waals surface area contributed by atoms with Gasteiger partial charge in [0.15, 0.2) is 0 Å². The summed E-state index contributed by atoms with van der Waals surface area (Å²) in [6, 6.07) is 5.33. The fourth-order valence-electron chi connectivity index (χ4n) is 1.87. The Hall–Kier alpha value is -1.69. The molecule has 106 valence electrons. The number of ether oxygens (including phenoxy) is 1. The third-order valence-corrected chi connectivity index (χ3v) is 3.00. The molecule has 5 nitrogen and oxygen atoms in total. The topological polar surface area (TPSA) is 73.1 Å². The maximum Gasteiger partial charge on any atom is 0.137 e. The highest BCUT2D eigenvalue weighted by Crippen LogP contribution is 2.24. The van der Waals surface area contributed by atoms with Crippen LogP contribution in [-0.2, 0) is 0 Å². The van der Waals surface area contributed by atoms with Crippen LogP contribution in [0.4, 0.5) is 0 Å². The van der Waals surface area contributed by atoms with Crippen molar-refractivity contribution in [1.82, 2.24) is 15.4 Å². The summed E-state index contributed by atoms with van der Waals surface area (Å²) in [5, 5.41) is 0.425. The Balaban J connectivity index is 2.27. The molecule has 1 unspecified atom stereocenters. The first-order valence-corrected chi connectivity index (χ1v) is 6.77. The van der Waals surface area contributed by atoms with Crippen LogP contribution in [0.5, 0.6) is 5.75 Å². The molecule has 6 heteroatoms. The third-order valence-electron chi connectivity index (χ3n) is 2.79. The van der Waals surface area contributed by atoms with E-state index < -0.39 is 0 Å². The second-order valence-corrected chi connectivity index (χ2v) is 4.70. The Kier molecular flexibility index (Phi) is 5.29. The van der Waals surface area contributed by atoms with Crippen molar-refractivity contribution < 1.29 is 4.74 Å². The minimum atomic E-state index is -0.215. The molecule has 0 aliphatic carbocycles. The zero-order valence-electron chi connectivity index (χ0n) is 11.2. The molecule has 2 aromatic heterocycles. The zero-order valence-corrected chi connectivity index (χ0v) is 12.0. The molecule has 0 saturated carbocycles. The number of hydrogen-bond acceptors (Lipinski definition) is 5. The predicted octanol–water partition coefficient (Wildman–Crippen LogP) is 2.47. The van der Waals surface area contributed by atoms with E-state index in [4.69, 9.17) is 22.2 Å². The van der Waals surface area contributed by atoms with Gasteiger partial charge in [-0.1, -0.05) is 18.5 Å². The standard InChI is InChI=1S/C14H17ClN4O/c1-2-5-20-12-6-11(8-17-9-12)14(19-16)10-3-4-18-13(15)7-10/h3-4,6-9,14,19H,2,5,16H2,1H3. The molecule has 0 saturated heterocycles. The first-order chi connectivity index (χ1) is 9.74. The summed E-state index contributed by atoms with van der Waals surface area (Å²) in [7, 11) is 0. The first kappa shape index (κ1) is 14.7. The molecule has 0 radical (unpaired) electrons. The highest BCUT2D eigenvalue weighted by molar-refractivity contribution is 6.29. The van der Waals surface area contributed by atoms with E-state index in [1.807, 2.05) is 12.1 Å². The smallest absolute Gasteiger partial charge is 0.137 e. The zero-order chi connectivity index (χ0) is 14.4. The van der Waals surface area contributed by atoms with Crippen molar-refractivity contribution in [2.45, 2.75) is 19.4 Å². The van der Waals surface area contributed by atoms with Gasteiger partial charge in [-0.3, -0.25) is 10.8 Å². The fourth-order valence-corrected chi connectivity index (χ4v) is 2.06. The summed E-state index contributed by atoms with van der Waals surface area (Å²) < 4.78 is 5.58. The number of rotatable bonds is 6. The molecule has 3 N–H and O–H groups in total. The Bertz CT molecular complexity index is 564. The Morgan fingerprint density at radius 3 is 2.90 bits per heavy atom. The highest BCUT2D eigenvalue weighted by atomic mass is 35.5. The van der Waals surface area contributed by atoms with Crippen molar-refractivity contribution in [3.8, 4) is 5.75 Å². The van der Waals surface area contributed by atoms with Crippen LogP contribution in [0.3, 0.4) is 0 Å². The summed E-state index contributed by atoms with van der Waals surface area (Å²) in [6.07, 6.45) is 6.03. The molecule has 0 aromatic carbocycles. The van der Waals surface area contributed by atoms with Gasteiger partial charge in [0.05, 0.1) is 18.8 Å². The lowest BCUT2D eigenvalue weighted by Gasteiger charge is -2.17. The Morgan fingerprint density at radius 1 is 1.35 bits per heavy atom. The molecule has 20 heavy (non-hydrogen) atoms. The second-order valence-electron chi connectivity index (χ2n) is 4.31. The van der Waals surface area contributed by atoms with Gasteiger partial charge in [-0.25, -0.2) is 10.4 Å². The molecule has 0 bridgehead atoms. The lowest BCUT2D eigenvalue weighted by atomic mass is 10.0. The van der Waals surface area contributed by atoms with Crippen LogP contribution in [0.2, 0.25) is 5.15 Å². The summed E-state index contributed by atoms with van der Waals surface area (Å²) in [5.41, 5.74) is 4.59. The molecular weight excluding hydrogens is 276 g/mol. The van der Waals surface area contributed by atoms with Crippen LogP contribution in [0.25, 0.3) is 0 Å². The van der Waals surface area contributed by atoms with Gasteiger partial charge >= 0.3 is 0 Å². The largest absolute Gasteiger partial charge is 0.492 e. The van der Waals surface area contributed by atoms with Crippen LogP contribution in [0.15, 0.2) is 36.8 Å². The fraction of sp³-hybridized carbons (Fsp3) is 0.286. The summed E-state index contributed by atoms with van der Waals surface area (Å²) in [4.78, 5) is 8.15. The molecule has 0 aliphatic heterocycles. The molecule has 0 amide bonds. The molecule has 0 aliphatic rings. The van der Waals surface area contributed by atoms with Gasteiger partial charge in [0, 0.05) is 12.4 Å². The molecule has 2 rings (SSSR count). The van der Waals surface area contributed by atoms with E-state index in [2.05, 4.69) is 22.3 Å². The molecule has 2 heterocycles. The maximum atomic E-state index is 5.91. The van der Waals surface area contributed by atoms with Gasteiger partial charge in [0.25, 0.3) is 0 Å². The van der Waals surface area contributed by atoms with Crippen molar-refractivity contribution in [2.24, 2.45) is 5.84 Å². The number of halogens is 1. The first-order valence-electron chi connectivity index (χ1n) is 6.40. The number of hydrazine groups is 1. The lowest BCUT2D eigenvalue weighted by Crippen LogP contribution is -2.29. The van der Waals surface area contributed by atoms with Crippen LogP contribution < -0.4 is 16.0 Å². The molecule has 0 spiro atoms. The Morgan fingerprint density at radius 2 is 2.20 bits per heavy atom. The third kappa shape index (κ3) is 3.66. The van der Waals surface area contributed by atoms with Crippen molar-refractivity contribution in [3.63, 3.8) is 0 Å². The molecule has 1 atom stereocenters. The van der Waals surface area contributed by atoms with Crippen LogP contribution in [0.1, 0.15) is 30.5 Å². The van der Waals surface area contributed by atoms with Gasteiger partial charge in [-0.15, -0.1) is 0 Å².